The fourth-order valence-electron chi connectivity index (χ4n) is 1.57. The van der Waals surface area contributed by atoms with Gasteiger partial charge in [0.25, 0.3) is 0 Å². The number of nitrogens with zero attached hydrogens (tertiary/aromatic N) is 1. The molecule has 0 aliphatic carbocycles. The Labute approximate surface area is 112 Å². The van der Waals surface area contributed by atoms with Crippen LogP contribution in [0.3, 0.4) is 0 Å². The Morgan fingerprint density at radius 2 is 2.18 bits per heavy atom. The highest BCUT2D eigenvalue weighted by atomic mass is 79.9. The fourth-order valence-corrected chi connectivity index (χ4v) is 2.27. The molecule has 1 N–H and O–H groups in total. The maximum atomic E-state index is 9.54. The minimum atomic E-state index is -0.452. The number of likely N-dealkylation sites (N-methyl/N-ethyl adjacent to an activating group) is 1. The summed E-state index contributed by atoms with van der Waals surface area (Å²) >= 11 is 3.48. The van der Waals surface area contributed by atoms with E-state index in [1.807, 2.05) is 32.2 Å². The molecule has 0 saturated carbocycles. The van der Waals surface area contributed by atoms with E-state index in [1.54, 1.807) is 6.92 Å². The molecule has 0 aliphatic rings. The van der Waals surface area contributed by atoms with Crippen LogP contribution in [0, 0.1) is 0 Å². The van der Waals surface area contributed by atoms with Gasteiger partial charge in [-0.1, -0.05) is 22.0 Å². The number of anilines is 1. The maximum Gasteiger partial charge on any atom is 0.0772 e. The van der Waals surface area contributed by atoms with Gasteiger partial charge in [-0.05, 0) is 31.5 Å². The predicted octanol–water partition coefficient (Wildman–Crippen LogP) is 2.98. The standard InChI is InChI=1S/C13H20BrNO2/c1-4-17-8-7-15(3)11-5-6-12(10(2)16)13(14)9-11/h5-6,9-10,16H,4,7-8H2,1-3H3/t10-/m0/s1. The third-order valence-electron chi connectivity index (χ3n) is 2.65. The number of aliphatic hydroxyl groups excluding tert-OH is 1. The number of hydrogen-bond acceptors (Lipinski definition) is 3. The Balaban J connectivity index is 2.69. The van der Waals surface area contributed by atoms with Crippen LogP contribution in [0.15, 0.2) is 22.7 Å². The summed E-state index contributed by atoms with van der Waals surface area (Å²) in [5, 5.41) is 9.54. The highest BCUT2D eigenvalue weighted by molar-refractivity contribution is 9.10. The molecule has 96 valence electrons. The van der Waals surface area contributed by atoms with Crippen molar-refractivity contribution in [1.82, 2.24) is 0 Å². The first-order valence-corrected chi connectivity index (χ1v) is 6.62. The van der Waals surface area contributed by atoms with E-state index in [1.165, 1.54) is 0 Å². The van der Waals surface area contributed by atoms with Gasteiger partial charge in [0, 0.05) is 30.4 Å². The summed E-state index contributed by atoms with van der Waals surface area (Å²) in [5.74, 6) is 0. The molecule has 3 nitrogen and oxygen atoms in total. The predicted molar refractivity (Wildman–Crippen MR) is 74.5 cm³/mol. The quantitative estimate of drug-likeness (QED) is 0.820. The highest BCUT2D eigenvalue weighted by Gasteiger charge is 2.08. The Morgan fingerprint density at radius 1 is 1.47 bits per heavy atom. The summed E-state index contributed by atoms with van der Waals surface area (Å²) in [6.07, 6.45) is -0.452. The average molecular weight is 302 g/mol. The molecule has 1 atom stereocenters. The Kier molecular flexibility index (Phi) is 5.95. The summed E-state index contributed by atoms with van der Waals surface area (Å²) in [5.41, 5.74) is 2.02. The molecule has 17 heavy (non-hydrogen) atoms. The van der Waals surface area contributed by atoms with Gasteiger partial charge in [-0.2, -0.15) is 0 Å². The van der Waals surface area contributed by atoms with Crippen molar-refractivity contribution >= 4 is 21.6 Å². The zero-order chi connectivity index (χ0) is 12.8. The smallest absolute Gasteiger partial charge is 0.0772 e. The lowest BCUT2D eigenvalue weighted by Gasteiger charge is -2.20. The molecule has 1 rings (SSSR count). The van der Waals surface area contributed by atoms with Crippen molar-refractivity contribution in [3.8, 4) is 0 Å². The van der Waals surface area contributed by atoms with Crippen molar-refractivity contribution in [2.45, 2.75) is 20.0 Å². The second-order valence-corrected chi connectivity index (χ2v) is 4.85. The number of benzene rings is 1. The molecule has 0 saturated heterocycles. The van der Waals surface area contributed by atoms with Crippen molar-refractivity contribution in [1.29, 1.82) is 0 Å². The molecule has 0 amide bonds. The van der Waals surface area contributed by atoms with E-state index in [0.29, 0.717) is 0 Å². The highest BCUT2D eigenvalue weighted by Crippen LogP contribution is 2.27. The monoisotopic (exact) mass is 301 g/mol. The molecule has 0 bridgehead atoms. The minimum absolute atomic E-state index is 0.452. The fraction of sp³-hybridized carbons (Fsp3) is 0.538. The zero-order valence-electron chi connectivity index (χ0n) is 10.6. The van der Waals surface area contributed by atoms with Gasteiger partial charge in [0.05, 0.1) is 12.7 Å². The van der Waals surface area contributed by atoms with Gasteiger partial charge < -0.3 is 14.7 Å². The third-order valence-corrected chi connectivity index (χ3v) is 3.34. The lowest BCUT2D eigenvalue weighted by molar-refractivity contribution is 0.154. The summed E-state index contributed by atoms with van der Waals surface area (Å²) in [6.45, 7) is 6.09. The molecule has 0 radical (unpaired) electrons. The van der Waals surface area contributed by atoms with E-state index < -0.39 is 6.10 Å². The maximum absolute atomic E-state index is 9.54. The number of halogens is 1. The number of hydrogen-bond donors (Lipinski definition) is 1. The van der Waals surface area contributed by atoms with Gasteiger partial charge in [0.2, 0.25) is 0 Å². The zero-order valence-corrected chi connectivity index (χ0v) is 12.2. The molecular formula is C13H20BrNO2. The number of aliphatic hydroxyl groups is 1. The van der Waals surface area contributed by atoms with Crippen LogP contribution in [0.25, 0.3) is 0 Å². The van der Waals surface area contributed by atoms with Crippen LogP contribution in [0.1, 0.15) is 25.5 Å². The van der Waals surface area contributed by atoms with Crippen molar-refractivity contribution in [2.75, 3.05) is 31.7 Å². The molecule has 0 unspecified atom stereocenters. The van der Waals surface area contributed by atoms with Crippen LogP contribution in [0.2, 0.25) is 0 Å². The normalized spacial score (nSPS) is 12.5. The molecule has 0 aromatic heterocycles. The van der Waals surface area contributed by atoms with Crippen molar-refractivity contribution in [2.24, 2.45) is 0 Å². The second-order valence-electron chi connectivity index (χ2n) is 4.00. The lowest BCUT2D eigenvalue weighted by Crippen LogP contribution is -2.22. The summed E-state index contributed by atoms with van der Waals surface area (Å²) in [7, 11) is 2.03. The summed E-state index contributed by atoms with van der Waals surface area (Å²) < 4.78 is 6.26. The van der Waals surface area contributed by atoms with Gasteiger partial charge in [-0.15, -0.1) is 0 Å². The van der Waals surface area contributed by atoms with Gasteiger partial charge in [-0.3, -0.25) is 0 Å². The SMILES string of the molecule is CCOCCN(C)c1ccc([C@H](C)O)c(Br)c1. The van der Waals surface area contributed by atoms with Gasteiger partial charge in [0.15, 0.2) is 0 Å². The van der Waals surface area contributed by atoms with E-state index in [2.05, 4.69) is 20.8 Å². The van der Waals surface area contributed by atoms with E-state index in [0.717, 1.165) is 35.5 Å². The largest absolute Gasteiger partial charge is 0.389 e. The third kappa shape index (κ3) is 4.30. The van der Waals surface area contributed by atoms with Gasteiger partial charge in [-0.25, -0.2) is 0 Å². The molecule has 4 heteroatoms. The van der Waals surface area contributed by atoms with E-state index in [-0.39, 0.29) is 0 Å². The molecule has 1 aromatic carbocycles. The van der Waals surface area contributed by atoms with Crippen LogP contribution >= 0.6 is 15.9 Å². The minimum Gasteiger partial charge on any atom is -0.389 e. The van der Waals surface area contributed by atoms with Crippen LogP contribution in [0.4, 0.5) is 5.69 Å². The molecule has 0 fully saturated rings. The molecule has 1 aromatic rings. The number of rotatable bonds is 6. The molecule has 0 heterocycles. The topological polar surface area (TPSA) is 32.7 Å². The van der Waals surface area contributed by atoms with E-state index in [9.17, 15) is 5.11 Å². The lowest BCUT2D eigenvalue weighted by atomic mass is 10.1. The van der Waals surface area contributed by atoms with Crippen LogP contribution < -0.4 is 4.90 Å². The van der Waals surface area contributed by atoms with Crippen molar-refractivity contribution < 1.29 is 9.84 Å². The van der Waals surface area contributed by atoms with Gasteiger partial charge >= 0.3 is 0 Å². The van der Waals surface area contributed by atoms with Crippen LogP contribution in [-0.4, -0.2) is 31.9 Å². The van der Waals surface area contributed by atoms with Crippen LogP contribution in [0.5, 0.6) is 0 Å². The van der Waals surface area contributed by atoms with Crippen molar-refractivity contribution in [3.63, 3.8) is 0 Å². The molecule has 0 aliphatic heterocycles. The Bertz CT molecular complexity index is 355. The van der Waals surface area contributed by atoms with E-state index in [4.69, 9.17) is 4.74 Å². The first-order valence-electron chi connectivity index (χ1n) is 5.82. The second kappa shape index (κ2) is 6.99. The number of ether oxygens (including phenoxy) is 1. The first-order chi connectivity index (χ1) is 8.06. The Morgan fingerprint density at radius 3 is 2.71 bits per heavy atom. The van der Waals surface area contributed by atoms with E-state index >= 15 is 0 Å². The molecular weight excluding hydrogens is 282 g/mol. The first kappa shape index (κ1) is 14.5. The van der Waals surface area contributed by atoms with Gasteiger partial charge in [0.1, 0.15) is 0 Å². The van der Waals surface area contributed by atoms with Crippen molar-refractivity contribution in [3.05, 3.63) is 28.2 Å². The van der Waals surface area contributed by atoms with Crippen LogP contribution in [-0.2, 0) is 4.74 Å². The Hall–Kier alpha value is -0.580. The average Bonchev–Trinajstić information content (AvgIpc) is 2.28. The summed E-state index contributed by atoms with van der Waals surface area (Å²) in [6, 6.07) is 5.98. The molecule has 0 spiro atoms. The summed E-state index contributed by atoms with van der Waals surface area (Å²) in [4.78, 5) is 2.13.